The quantitative estimate of drug-likeness (QED) is 0.314. The number of amides is 1. The normalized spacial score (nSPS) is 13.1. The van der Waals surface area contributed by atoms with Crippen LogP contribution in [0.5, 0.6) is 5.75 Å². The Balaban J connectivity index is 1.39. The minimum Gasteiger partial charge on any atom is -0.487 e. The van der Waals surface area contributed by atoms with Crippen molar-refractivity contribution >= 4 is 37.5 Å². The molecule has 3 N–H and O–H groups in total. The molecule has 2 heterocycles. The number of primary sulfonamides is 1. The van der Waals surface area contributed by atoms with E-state index >= 15 is 0 Å². The molecule has 1 amide bonds. The van der Waals surface area contributed by atoms with E-state index < -0.39 is 27.8 Å². The van der Waals surface area contributed by atoms with Crippen molar-refractivity contribution in [2.75, 3.05) is 0 Å². The van der Waals surface area contributed by atoms with Crippen LogP contribution >= 0.6 is 11.3 Å². The molecular formula is C23H23F3N6O4S2. The molecule has 0 saturated heterocycles. The number of aromatic nitrogens is 4. The minimum atomic E-state index is -4.43. The molecule has 38 heavy (non-hydrogen) atoms. The number of fused-ring (bicyclic) bond motifs is 1. The van der Waals surface area contributed by atoms with Gasteiger partial charge in [-0.2, -0.15) is 13.2 Å². The molecule has 0 aliphatic heterocycles. The van der Waals surface area contributed by atoms with Gasteiger partial charge in [0.05, 0.1) is 22.0 Å². The molecule has 0 spiro atoms. The van der Waals surface area contributed by atoms with E-state index in [1.54, 1.807) is 24.4 Å². The van der Waals surface area contributed by atoms with Crippen LogP contribution in [0.2, 0.25) is 0 Å². The molecule has 2 aromatic heterocycles. The van der Waals surface area contributed by atoms with E-state index in [-0.39, 0.29) is 29.3 Å². The van der Waals surface area contributed by atoms with Crippen LogP contribution in [0.15, 0.2) is 53.0 Å². The maximum Gasteiger partial charge on any atom is 0.416 e. The summed E-state index contributed by atoms with van der Waals surface area (Å²) >= 11 is 0.929. The first-order valence-corrected chi connectivity index (χ1v) is 13.6. The van der Waals surface area contributed by atoms with E-state index in [0.29, 0.717) is 27.2 Å². The zero-order chi connectivity index (χ0) is 27.7. The van der Waals surface area contributed by atoms with Gasteiger partial charge >= 0.3 is 6.18 Å². The first kappa shape index (κ1) is 27.5. The third-order valence-corrected chi connectivity index (χ3v) is 7.80. The zero-order valence-electron chi connectivity index (χ0n) is 20.1. The number of sulfonamides is 1. The largest absolute Gasteiger partial charge is 0.487 e. The molecule has 4 rings (SSSR count). The lowest BCUT2D eigenvalue weighted by molar-refractivity contribution is -0.137. The van der Waals surface area contributed by atoms with Gasteiger partial charge < -0.3 is 10.1 Å². The number of benzene rings is 2. The van der Waals surface area contributed by atoms with Gasteiger partial charge in [0, 0.05) is 6.54 Å². The first-order valence-electron chi connectivity index (χ1n) is 11.2. The average Bonchev–Trinajstić information content (AvgIpc) is 3.48. The Hall–Kier alpha value is -3.56. The van der Waals surface area contributed by atoms with Crippen LogP contribution in [-0.2, 0) is 34.1 Å². The number of hydrogen-bond donors (Lipinski definition) is 2. The first-order chi connectivity index (χ1) is 17.8. The van der Waals surface area contributed by atoms with Gasteiger partial charge in [-0.15, -0.1) is 16.4 Å². The molecule has 0 aliphatic rings. The molecule has 0 saturated carbocycles. The highest BCUT2D eigenvalue weighted by Crippen LogP contribution is 2.30. The van der Waals surface area contributed by atoms with Gasteiger partial charge in [-0.3, -0.25) is 4.79 Å². The summed E-state index contributed by atoms with van der Waals surface area (Å²) in [5.41, 5.74) is 0.682. The fourth-order valence-corrected chi connectivity index (χ4v) is 5.29. The highest BCUT2D eigenvalue weighted by Gasteiger charge is 2.30. The predicted octanol–water partition coefficient (Wildman–Crippen LogP) is 3.65. The predicted molar refractivity (Wildman–Crippen MR) is 133 cm³/mol. The highest BCUT2D eigenvalue weighted by atomic mass is 32.2. The SMILES string of the molecule is CC(C)[C@@H](C(=O)NCc1ccc(C(F)(F)F)cc1)n1cc(COc2ccc3nc(S(N)(=O)=O)sc3c2)nn1. The van der Waals surface area contributed by atoms with Crippen LogP contribution in [0, 0.1) is 5.92 Å². The number of halogens is 3. The summed E-state index contributed by atoms with van der Waals surface area (Å²) in [6.45, 7) is 3.75. The molecule has 4 aromatic rings. The molecule has 1 atom stereocenters. The molecule has 10 nitrogen and oxygen atoms in total. The molecule has 0 unspecified atom stereocenters. The number of thiazole rings is 1. The van der Waals surface area contributed by atoms with Crippen LogP contribution in [0.1, 0.15) is 36.7 Å². The van der Waals surface area contributed by atoms with Gasteiger partial charge in [0.1, 0.15) is 24.1 Å². The summed E-state index contributed by atoms with van der Waals surface area (Å²) < 4.78 is 68.8. The van der Waals surface area contributed by atoms with E-state index in [4.69, 9.17) is 9.88 Å². The number of nitrogens with one attached hydrogen (secondary N) is 1. The van der Waals surface area contributed by atoms with E-state index in [0.717, 1.165) is 23.5 Å². The number of nitrogens with zero attached hydrogens (tertiary/aromatic N) is 4. The van der Waals surface area contributed by atoms with Gasteiger partial charge in [0.25, 0.3) is 10.0 Å². The smallest absolute Gasteiger partial charge is 0.416 e. The third kappa shape index (κ3) is 6.46. The maximum absolute atomic E-state index is 12.9. The lowest BCUT2D eigenvalue weighted by Gasteiger charge is -2.20. The van der Waals surface area contributed by atoms with Crippen molar-refractivity contribution in [3.8, 4) is 5.75 Å². The molecule has 0 radical (unpaired) electrons. The van der Waals surface area contributed by atoms with E-state index in [1.165, 1.54) is 16.8 Å². The summed E-state index contributed by atoms with van der Waals surface area (Å²) in [6, 6.07) is 8.74. The second-order valence-electron chi connectivity index (χ2n) is 8.73. The Morgan fingerprint density at radius 1 is 1.18 bits per heavy atom. The van der Waals surface area contributed by atoms with Crippen LogP contribution in [0.3, 0.4) is 0 Å². The summed E-state index contributed by atoms with van der Waals surface area (Å²) in [5.74, 6) is -0.0789. The highest BCUT2D eigenvalue weighted by molar-refractivity contribution is 7.91. The zero-order valence-corrected chi connectivity index (χ0v) is 21.8. The van der Waals surface area contributed by atoms with Crippen LogP contribution in [0.4, 0.5) is 13.2 Å². The van der Waals surface area contributed by atoms with Crippen molar-refractivity contribution in [1.82, 2.24) is 25.3 Å². The number of alkyl halides is 3. The van der Waals surface area contributed by atoms with Gasteiger partial charge in [-0.25, -0.2) is 23.2 Å². The number of nitrogens with two attached hydrogens (primary N) is 1. The second kappa shape index (κ2) is 10.7. The van der Waals surface area contributed by atoms with Crippen molar-refractivity contribution in [3.05, 3.63) is 65.5 Å². The summed E-state index contributed by atoms with van der Waals surface area (Å²) in [4.78, 5) is 16.9. The number of rotatable bonds is 9. The maximum atomic E-state index is 12.9. The van der Waals surface area contributed by atoms with Gasteiger partial charge in [0.2, 0.25) is 10.2 Å². The molecule has 0 fully saturated rings. The van der Waals surface area contributed by atoms with Crippen molar-refractivity contribution in [3.63, 3.8) is 0 Å². The molecule has 202 valence electrons. The van der Waals surface area contributed by atoms with Crippen molar-refractivity contribution in [2.24, 2.45) is 11.1 Å². The van der Waals surface area contributed by atoms with Crippen molar-refractivity contribution in [1.29, 1.82) is 0 Å². The number of carbonyl (C=O) groups is 1. The Morgan fingerprint density at radius 2 is 1.89 bits per heavy atom. The number of hydrogen-bond acceptors (Lipinski definition) is 8. The number of carbonyl (C=O) groups excluding carboxylic acids is 1. The molecule has 0 aliphatic carbocycles. The Morgan fingerprint density at radius 3 is 2.53 bits per heavy atom. The minimum absolute atomic E-state index is 0.0321. The third-order valence-electron chi connectivity index (χ3n) is 5.46. The summed E-state index contributed by atoms with van der Waals surface area (Å²) in [7, 11) is -3.91. The lowest BCUT2D eigenvalue weighted by Crippen LogP contribution is -2.35. The monoisotopic (exact) mass is 568 g/mol. The molecule has 2 aromatic carbocycles. The van der Waals surface area contributed by atoms with Crippen LogP contribution in [0.25, 0.3) is 10.2 Å². The number of ether oxygens (including phenoxy) is 1. The fraction of sp³-hybridized carbons (Fsp3) is 0.304. The van der Waals surface area contributed by atoms with Crippen LogP contribution < -0.4 is 15.2 Å². The summed E-state index contributed by atoms with van der Waals surface area (Å²) in [5, 5.41) is 16.0. The standard InChI is InChI=1S/C23H23F3N6O4S2/c1-13(2)20(21(33)28-10-14-3-5-15(6-4-14)23(24,25)26)32-11-16(30-31-32)12-36-17-7-8-18-19(9-17)37-22(29-18)38(27,34)35/h3-9,11,13,20H,10,12H2,1-2H3,(H,28,33)(H2,27,34,35)/t20-/m0/s1. The Kier molecular flexibility index (Phi) is 7.71. The molecule has 15 heteroatoms. The Bertz CT molecular complexity index is 1550. The van der Waals surface area contributed by atoms with E-state index in [9.17, 15) is 26.4 Å². The Labute approximate surface area is 219 Å². The lowest BCUT2D eigenvalue weighted by atomic mass is 10.0. The molecular weight excluding hydrogens is 545 g/mol. The van der Waals surface area contributed by atoms with E-state index in [2.05, 4.69) is 20.6 Å². The van der Waals surface area contributed by atoms with E-state index in [1.807, 2.05) is 13.8 Å². The topological polar surface area (TPSA) is 142 Å². The average molecular weight is 569 g/mol. The van der Waals surface area contributed by atoms with Gasteiger partial charge in [-0.05, 0) is 41.8 Å². The molecule has 0 bridgehead atoms. The summed E-state index contributed by atoms with van der Waals surface area (Å²) in [6.07, 6.45) is -2.85. The second-order valence-corrected chi connectivity index (χ2v) is 11.5. The van der Waals surface area contributed by atoms with Gasteiger partial charge in [-0.1, -0.05) is 31.2 Å². The van der Waals surface area contributed by atoms with Crippen LogP contribution in [-0.4, -0.2) is 34.3 Å². The van der Waals surface area contributed by atoms with Crippen molar-refractivity contribution in [2.45, 2.75) is 43.6 Å². The fourth-order valence-electron chi connectivity index (χ4n) is 3.60. The van der Waals surface area contributed by atoms with Gasteiger partial charge in [0.15, 0.2) is 0 Å². The van der Waals surface area contributed by atoms with Crippen molar-refractivity contribution < 1.29 is 31.1 Å².